The highest BCUT2D eigenvalue weighted by atomic mass is 16.5. The summed E-state index contributed by atoms with van der Waals surface area (Å²) in [6.45, 7) is 2.02. The molecule has 0 saturated carbocycles. The van der Waals surface area contributed by atoms with Crippen molar-refractivity contribution in [2.45, 2.75) is 13.0 Å². The molecule has 1 unspecified atom stereocenters. The monoisotopic (exact) mass is 255 g/mol. The average molecular weight is 255 g/mol. The fourth-order valence-electron chi connectivity index (χ4n) is 1.86. The molecule has 0 heterocycles. The molecule has 2 aromatic carbocycles. The van der Waals surface area contributed by atoms with E-state index in [2.05, 4.69) is 5.32 Å². The van der Waals surface area contributed by atoms with Crippen molar-refractivity contribution >= 4 is 11.7 Å². The third-order valence-electron chi connectivity index (χ3n) is 2.93. The maximum atomic E-state index is 11.9. The molecule has 1 N–H and O–H groups in total. The Labute approximate surface area is 113 Å². The molecule has 0 aliphatic carbocycles. The Balaban J connectivity index is 2.26. The van der Waals surface area contributed by atoms with E-state index in [0.717, 1.165) is 16.8 Å². The van der Waals surface area contributed by atoms with Gasteiger partial charge in [-0.1, -0.05) is 48.0 Å². The van der Waals surface area contributed by atoms with Gasteiger partial charge in [0.2, 0.25) is 0 Å². The smallest absolute Gasteiger partial charge is 0.332 e. The molecule has 19 heavy (non-hydrogen) atoms. The quantitative estimate of drug-likeness (QED) is 0.852. The molecule has 0 aromatic heterocycles. The fourth-order valence-corrected chi connectivity index (χ4v) is 1.86. The van der Waals surface area contributed by atoms with Crippen LogP contribution in [0.15, 0.2) is 54.6 Å². The van der Waals surface area contributed by atoms with Gasteiger partial charge in [-0.2, -0.15) is 0 Å². The van der Waals surface area contributed by atoms with Crippen LogP contribution in [0.2, 0.25) is 0 Å². The first-order valence-corrected chi connectivity index (χ1v) is 6.16. The molecular formula is C16H17NO2. The molecular weight excluding hydrogens is 238 g/mol. The van der Waals surface area contributed by atoms with Crippen LogP contribution in [0.3, 0.4) is 0 Å². The molecule has 3 nitrogen and oxygen atoms in total. The van der Waals surface area contributed by atoms with Crippen molar-refractivity contribution in [2.75, 3.05) is 12.4 Å². The largest absolute Gasteiger partial charge is 0.467 e. The van der Waals surface area contributed by atoms with Crippen molar-refractivity contribution in [3.05, 3.63) is 65.7 Å². The Morgan fingerprint density at radius 1 is 1.05 bits per heavy atom. The third-order valence-corrected chi connectivity index (χ3v) is 2.93. The number of rotatable bonds is 4. The number of nitrogens with one attached hydrogen (secondary N) is 1. The van der Waals surface area contributed by atoms with Gasteiger partial charge in [0.05, 0.1) is 7.11 Å². The van der Waals surface area contributed by atoms with E-state index >= 15 is 0 Å². The molecule has 0 radical (unpaired) electrons. The minimum Gasteiger partial charge on any atom is -0.467 e. The highest BCUT2D eigenvalue weighted by molar-refractivity contribution is 5.81. The minimum absolute atomic E-state index is 0.298. The molecule has 98 valence electrons. The van der Waals surface area contributed by atoms with Gasteiger partial charge in [0.25, 0.3) is 0 Å². The van der Waals surface area contributed by atoms with E-state index in [-0.39, 0.29) is 5.97 Å². The predicted molar refractivity (Wildman–Crippen MR) is 76.0 cm³/mol. The first-order chi connectivity index (χ1) is 9.20. The summed E-state index contributed by atoms with van der Waals surface area (Å²) in [6, 6.07) is 17.0. The lowest BCUT2D eigenvalue weighted by Crippen LogP contribution is -2.22. The van der Waals surface area contributed by atoms with Crippen molar-refractivity contribution in [1.29, 1.82) is 0 Å². The topological polar surface area (TPSA) is 38.3 Å². The van der Waals surface area contributed by atoms with Gasteiger partial charge < -0.3 is 10.1 Å². The van der Waals surface area contributed by atoms with Crippen LogP contribution in [-0.4, -0.2) is 13.1 Å². The molecule has 1 atom stereocenters. The number of aryl methyl sites for hydroxylation is 1. The fraction of sp³-hybridized carbons (Fsp3) is 0.188. The second-order valence-corrected chi connectivity index (χ2v) is 4.38. The average Bonchev–Trinajstić information content (AvgIpc) is 2.46. The number of carbonyl (C=O) groups is 1. The summed E-state index contributed by atoms with van der Waals surface area (Å²) < 4.78 is 4.87. The van der Waals surface area contributed by atoms with Crippen molar-refractivity contribution in [1.82, 2.24) is 0 Å². The number of hydrogen-bond donors (Lipinski definition) is 1. The second-order valence-electron chi connectivity index (χ2n) is 4.38. The van der Waals surface area contributed by atoms with E-state index in [1.54, 1.807) is 0 Å². The molecule has 0 spiro atoms. The third kappa shape index (κ3) is 3.35. The zero-order chi connectivity index (χ0) is 13.7. The van der Waals surface area contributed by atoms with Crippen LogP contribution in [0.4, 0.5) is 5.69 Å². The molecule has 0 bridgehead atoms. The number of para-hydroxylation sites is 1. The molecule has 0 aliphatic rings. The summed E-state index contributed by atoms with van der Waals surface area (Å²) in [7, 11) is 1.40. The maximum Gasteiger partial charge on any atom is 0.332 e. The first kappa shape index (κ1) is 13.1. The Kier molecular flexibility index (Phi) is 4.18. The van der Waals surface area contributed by atoms with Gasteiger partial charge in [0.1, 0.15) is 0 Å². The molecule has 0 saturated heterocycles. The van der Waals surface area contributed by atoms with Crippen LogP contribution in [0.5, 0.6) is 0 Å². The van der Waals surface area contributed by atoms with Gasteiger partial charge in [-0.25, -0.2) is 4.79 Å². The number of hydrogen-bond acceptors (Lipinski definition) is 3. The number of methoxy groups -OCH3 is 1. The van der Waals surface area contributed by atoms with Crippen molar-refractivity contribution in [3.8, 4) is 0 Å². The van der Waals surface area contributed by atoms with Crippen molar-refractivity contribution < 1.29 is 9.53 Å². The molecule has 2 rings (SSSR count). The molecule has 3 heteroatoms. The zero-order valence-corrected chi connectivity index (χ0v) is 11.1. The lowest BCUT2D eigenvalue weighted by molar-refractivity contribution is -0.141. The summed E-state index contributed by atoms with van der Waals surface area (Å²) in [6.07, 6.45) is 0. The van der Waals surface area contributed by atoms with E-state index in [4.69, 9.17) is 4.74 Å². The normalized spacial score (nSPS) is 11.7. The highest BCUT2D eigenvalue weighted by Gasteiger charge is 2.20. The number of ether oxygens (including phenoxy) is 1. The SMILES string of the molecule is COC(=O)C(Nc1ccccc1)c1ccc(C)cc1. The Morgan fingerprint density at radius 3 is 2.26 bits per heavy atom. The van der Waals surface area contributed by atoms with Gasteiger partial charge in [-0.15, -0.1) is 0 Å². The summed E-state index contributed by atoms with van der Waals surface area (Å²) in [4.78, 5) is 11.9. The Hall–Kier alpha value is -2.29. The second kappa shape index (κ2) is 6.05. The minimum atomic E-state index is -0.493. The van der Waals surface area contributed by atoms with Gasteiger partial charge in [-0.3, -0.25) is 0 Å². The molecule has 0 aliphatic heterocycles. The number of benzene rings is 2. The number of esters is 1. The van der Waals surface area contributed by atoms with Gasteiger partial charge >= 0.3 is 5.97 Å². The number of anilines is 1. The van der Waals surface area contributed by atoms with E-state index in [1.807, 2.05) is 61.5 Å². The van der Waals surface area contributed by atoms with Crippen molar-refractivity contribution in [2.24, 2.45) is 0 Å². The lowest BCUT2D eigenvalue weighted by Gasteiger charge is -2.18. The Bertz CT molecular complexity index is 534. The van der Waals surface area contributed by atoms with E-state index < -0.39 is 6.04 Å². The van der Waals surface area contributed by atoms with Crippen LogP contribution < -0.4 is 5.32 Å². The zero-order valence-electron chi connectivity index (χ0n) is 11.1. The van der Waals surface area contributed by atoms with Crippen LogP contribution in [0.25, 0.3) is 0 Å². The summed E-state index contributed by atoms with van der Waals surface area (Å²) in [5.74, 6) is -0.298. The van der Waals surface area contributed by atoms with Crippen LogP contribution >= 0.6 is 0 Å². The summed E-state index contributed by atoms with van der Waals surface area (Å²) >= 11 is 0. The standard InChI is InChI=1S/C16H17NO2/c1-12-8-10-13(11-9-12)15(16(18)19-2)17-14-6-4-3-5-7-14/h3-11,15,17H,1-2H3. The number of carbonyl (C=O) groups excluding carboxylic acids is 1. The summed E-state index contributed by atoms with van der Waals surface area (Å²) in [5, 5.41) is 3.19. The summed E-state index contributed by atoms with van der Waals surface area (Å²) in [5.41, 5.74) is 2.94. The highest BCUT2D eigenvalue weighted by Crippen LogP contribution is 2.21. The van der Waals surface area contributed by atoms with Gasteiger partial charge in [0, 0.05) is 5.69 Å². The molecule has 0 fully saturated rings. The van der Waals surface area contributed by atoms with Gasteiger partial charge in [0.15, 0.2) is 6.04 Å². The first-order valence-electron chi connectivity index (χ1n) is 6.16. The van der Waals surface area contributed by atoms with Crippen molar-refractivity contribution in [3.63, 3.8) is 0 Å². The van der Waals surface area contributed by atoms with E-state index in [9.17, 15) is 4.79 Å². The van der Waals surface area contributed by atoms with Crippen LogP contribution in [-0.2, 0) is 9.53 Å². The predicted octanol–water partition coefficient (Wildman–Crippen LogP) is 3.32. The maximum absolute atomic E-state index is 11.9. The van der Waals surface area contributed by atoms with Crippen LogP contribution in [0.1, 0.15) is 17.2 Å². The van der Waals surface area contributed by atoms with E-state index in [0.29, 0.717) is 0 Å². The Morgan fingerprint density at radius 2 is 1.68 bits per heavy atom. The lowest BCUT2D eigenvalue weighted by atomic mass is 10.0. The van der Waals surface area contributed by atoms with Crippen LogP contribution in [0, 0.1) is 6.92 Å². The molecule has 0 amide bonds. The molecule has 2 aromatic rings. The van der Waals surface area contributed by atoms with E-state index in [1.165, 1.54) is 7.11 Å². The van der Waals surface area contributed by atoms with Gasteiger partial charge in [-0.05, 0) is 24.6 Å².